The number of halogens is 2. The van der Waals surface area contributed by atoms with Crippen molar-refractivity contribution < 1.29 is 27.2 Å². The highest BCUT2D eigenvalue weighted by Crippen LogP contribution is 2.31. The van der Waals surface area contributed by atoms with E-state index in [0.717, 1.165) is 6.07 Å². The van der Waals surface area contributed by atoms with Crippen LogP contribution in [0, 0.1) is 11.2 Å². The van der Waals surface area contributed by atoms with Gasteiger partial charge in [-0.15, -0.1) is 0 Å². The van der Waals surface area contributed by atoms with Gasteiger partial charge in [-0.3, -0.25) is 10.2 Å². The number of anilines is 1. The Labute approximate surface area is 196 Å². The Balaban J connectivity index is 1.90. The average Bonchev–Trinajstić information content (AvgIpc) is 2.83. The number of aromatic hydroxyl groups is 1. The quantitative estimate of drug-likeness (QED) is 0.149. The van der Waals surface area contributed by atoms with E-state index in [9.17, 15) is 22.9 Å². The van der Waals surface area contributed by atoms with E-state index in [1.165, 1.54) is 43.3 Å². The normalized spacial score (nSPS) is 12.6. The summed E-state index contributed by atoms with van der Waals surface area (Å²) in [4.78, 5) is 12.6. The van der Waals surface area contributed by atoms with Crippen LogP contribution in [0.4, 0.5) is 14.5 Å². The summed E-state index contributed by atoms with van der Waals surface area (Å²) in [6.45, 7) is 1.25. The standard InChI is InChI=1S/C23H20F2N4O4S/c1-12(16-10-14(22(26)27)7-9-19(16)30)21(25)23(31)29-18-8-6-13(11-17(18)24)15-4-2-3-5-20(15)34(32)33-28/h2-11,30H,28H2,1H3,(H3,26,27)(H,29,31)/b21-12+. The van der Waals surface area contributed by atoms with Crippen molar-refractivity contribution in [3.8, 4) is 16.9 Å². The molecule has 34 heavy (non-hydrogen) atoms. The molecule has 0 aromatic heterocycles. The van der Waals surface area contributed by atoms with Gasteiger partial charge in [-0.05, 0) is 48.9 Å². The monoisotopic (exact) mass is 486 g/mol. The molecule has 7 N–H and O–H groups in total. The third-order valence-corrected chi connectivity index (χ3v) is 5.81. The maximum Gasteiger partial charge on any atom is 0.284 e. The highest BCUT2D eigenvalue weighted by atomic mass is 32.2. The van der Waals surface area contributed by atoms with Crippen molar-refractivity contribution in [2.24, 2.45) is 11.6 Å². The minimum atomic E-state index is -1.97. The third-order valence-electron chi connectivity index (χ3n) is 4.92. The topological polar surface area (TPSA) is 152 Å². The van der Waals surface area contributed by atoms with E-state index in [0.29, 0.717) is 11.1 Å². The Kier molecular flexibility index (Phi) is 7.51. The van der Waals surface area contributed by atoms with Gasteiger partial charge in [0.05, 0.1) is 10.6 Å². The number of phenolic OH excluding ortho intramolecular Hbond substituents is 1. The lowest BCUT2D eigenvalue weighted by Crippen LogP contribution is -2.15. The van der Waals surface area contributed by atoms with E-state index in [1.54, 1.807) is 18.2 Å². The number of carbonyl (C=O) groups is 1. The van der Waals surface area contributed by atoms with Crippen molar-refractivity contribution in [2.75, 3.05) is 5.32 Å². The van der Waals surface area contributed by atoms with Crippen LogP contribution in [0.15, 0.2) is 71.4 Å². The van der Waals surface area contributed by atoms with Crippen molar-refractivity contribution >= 4 is 34.1 Å². The minimum Gasteiger partial charge on any atom is -0.507 e. The SMILES string of the molecule is C/C(=C(\F)C(=O)Nc1ccc(-c2ccccc2S(=O)ON)cc1F)c1cc(C(=N)N)ccc1O. The summed E-state index contributed by atoms with van der Waals surface area (Å²) < 4.78 is 45.9. The first kappa shape index (κ1) is 24.7. The maximum absolute atomic E-state index is 14.8. The summed E-state index contributed by atoms with van der Waals surface area (Å²) in [6, 6.07) is 14.0. The van der Waals surface area contributed by atoms with Gasteiger partial charge in [0.1, 0.15) is 17.4 Å². The highest BCUT2D eigenvalue weighted by molar-refractivity contribution is 7.80. The maximum atomic E-state index is 14.8. The summed E-state index contributed by atoms with van der Waals surface area (Å²) in [5.41, 5.74) is 5.80. The molecule has 1 atom stereocenters. The van der Waals surface area contributed by atoms with E-state index in [4.69, 9.17) is 17.0 Å². The molecule has 1 amide bonds. The van der Waals surface area contributed by atoms with E-state index in [2.05, 4.69) is 9.60 Å². The van der Waals surface area contributed by atoms with Crippen LogP contribution in [-0.4, -0.2) is 21.1 Å². The third kappa shape index (κ3) is 5.17. The molecule has 0 bridgehead atoms. The first-order valence-corrected chi connectivity index (χ1v) is 10.7. The number of carbonyl (C=O) groups excluding carboxylic acids is 1. The first-order valence-electron chi connectivity index (χ1n) is 9.67. The van der Waals surface area contributed by atoms with Crippen LogP contribution in [0.25, 0.3) is 16.7 Å². The predicted octanol–water partition coefficient (Wildman–Crippen LogP) is 3.73. The number of nitrogen functional groups attached to an aromatic ring is 1. The van der Waals surface area contributed by atoms with Gasteiger partial charge < -0.3 is 16.2 Å². The second-order valence-electron chi connectivity index (χ2n) is 7.06. The number of benzene rings is 3. The van der Waals surface area contributed by atoms with Gasteiger partial charge in [0, 0.05) is 22.3 Å². The van der Waals surface area contributed by atoms with Crippen molar-refractivity contribution in [1.82, 2.24) is 0 Å². The molecule has 3 aromatic rings. The molecule has 0 aliphatic rings. The molecule has 8 nitrogen and oxygen atoms in total. The molecule has 3 rings (SSSR count). The molecule has 0 aliphatic heterocycles. The molecule has 176 valence electrons. The number of amidine groups is 1. The summed E-state index contributed by atoms with van der Waals surface area (Å²) in [5.74, 6) is 0.998. The number of amides is 1. The Morgan fingerprint density at radius 2 is 1.85 bits per heavy atom. The van der Waals surface area contributed by atoms with E-state index < -0.39 is 28.6 Å². The van der Waals surface area contributed by atoms with Crippen molar-refractivity contribution in [3.63, 3.8) is 0 Å². The second-order valence-corrected chi connectivity index (χ2v) is 8.16. The lowest BCUT2D eigenvalue weighted by atomic mass is 10.0. The lowest BCUT2D eigenvalue weighted by Gasteiger charge is -2.12. The van der Waals surface area contributed by atoms with Crippen LogP contribution < -0.4 is 16.9 Å². The molecule has 0 radical (unpaired) electrons. The van der Waals surface area contributed by atoms with Crippen LogP contribution in [0.3, 0.4) is 0 Å². The summed E-state index contributed by atoms with van der Waals surface area (Å²) in [7, 11) is 0. The number of allylic oxidation sites excluding steroid dienone is 1. The fraction of sp³-hybridized carbons (Fsp3) is 0.0435. The Hall–Kier alpha value is -3.93. The van der Waals surface area contributed by atoms with Gasteiger partial charge in [-0.2, -0.15) is 10.2 Å². The molecular formula is C23H20F2N4O4S. The number of hydrogen-bond donors (Lipinski definition) is 5. The second kappa shape index (κ2) is 10.3. The van der Waals surface area contributed by atoms with Gasteiger partial charge in [-0.1, -0.05) is 24.3 Å². The number of nitrogens with two attached hydrogens (primary N) is 2. The zero-order chi connectivity index (χ0) is 25.0. The Morgan fingerprint density at radius 1 is 1.15 bits per heavy atom. The van der Waals surface area contributed by atoms with Gasteiger partial charge in [0.25, 0.3) is 5.91 Å². The number of phenols is 1. The molecule has 0 saturated carbocycles. The minimum absolute atomic E-state index is 0.0390. The fourth-order valence-corrected chi connectivity index (χ4v) is 3.81. The highest BCUT2D eigenvalue weighted by Gasteiger charge is 2.19. The molecule has 11 heteroatoms. The van der Waals surface area contributed by atoms with Gasteiger partial charge in [-0.25, -0.2) is 13.0 Å². The molecule has 1 unspecified atom stereocenters. The molecule has 0 saturated heterocycles. The van der Waals surface area contributed by atoms with E-state index >= 15 is 0 Å². The molecule has 0 fully saturated rings. The number of hydrogen-bond acceptors (Lipinski definition) is 6. The van der Waals surface area contributed by atoms with E-state index in [-0.39, 0.29) is 38.9 Å². The van der Waals surface area contributed by atoms with Crippen LogP contribution in [0.5, 0.6) is 5.75 Å². The number of rotatable bonds is 7. The van der Waals surface area contributed by atoms with Crippen LogP contribution >= 0.6 is 0 Å². The summed E-state index contributed by atoms with van der Waals surface area (Å²) in [6.07, 6.45) is 0. The van der Waals surface area contributed by atoms with Crippen LogP contribution in [0.1, 0.15) is 18.1 Å². The Bertz CT molecular complexity index is 1340. The number of nitrogens with one attached hydrogen (secondary N) is 2. The van der Waals surface area contributed by atoms with Crippen LogP contribution in [0.2, 0.25) is 0 Å². The van der Waals surface area contributed by atoms with Gasteiger partial charge in [0.2, 0.25) is 11.1 Å². The summed E-state index contributed by atoms with van der Waals surface area (Å²) >= 11 is -1.97. The lowest BCUT2D eigenvalue weighted by molar-refractivity contribution is -0.114. The molecule has 3 aromatic carbocycles. The van der Waals surface area contributed by atoms with Crippen molar-refractivity contribution in [2.45, 2.75) is 11.8 Å². The van der Waals surface area contributed by atoms with Gasteiger partial charge >= 0.3 is 0 Å². The van der Waals surface area contributed by atoms with Crippen molar-refractivity contribution in [3.05, 3.63) is 83.4 Å². The molecule has 0 aliphatic carbocycles. The zero-order valence-corrected chi connectivity index (χ0v) is 18.6. The average molecular weight is 487 g/mol. The molecular weight excluding hydrogens is 466 g/mol. The fourth-order valence-electron chi connectivity index (χ4n) is 3.16. The zero-order valence-electron chi connectivity index (χ0n) is 17.8. The summed E-state index contributed by atoms with van der Waals surface area (Å²) in [5, 5.41) is 19.6. The van der Waals surface area contributed by atoms with Gasteiger partial charge in [0.15, 0.2) is 5.83 Å². The first-order chi connectivity index (χ1) is 16.1. The van der Waals surface area contributed by atoms with E-state index in [1.807, 2.05) is 0 Å². The molecule has 0 heterocycles. The van der Waals surface area contributed by atoms with Crippen LogP contribution in [-0.2, 0) is 20.2 Å². The smallest absolute Gasteiger partial charge is 0.284 e. The molecule has 0 spiro atoms. The van der Waals surface area contributed by atoms with Crippen molar-refractivity contribution in [1.29, 1.82) is 5.41 Å². The predicted molar refractivity (Wildman–Crippen MR) is 125 cm³/mol. The largest absolute Gasteiger partial charge is 0.507 e. The Morgan fingerprint density at radius 3 is 2.50 bits per heavy atom.